The van der Waals surface area contributed by atoms with Gasteiger partial charge in [0.15, 0.2) is 0 Å². The van der Waals surface area contributed by atoms with Crippen molar-refractivity contribution in [2.24, 2.45) is 0 Å². The molecule has 0 aromatic carbocycles. The predicted octanol–water partition coefficient (Wildman–Crippen LogP) is 9.07. The molecule has 0 bridgehead atoms. The first kappa shape index (κ1) is 61.9. The van der Waals surface area contributed by atoms with Crippen molar-refractivity contribution in [2.45, 2.75) is 102 Å². The number of halogens is 3. The summed E-state index contributed by atoms with van der Waals surface area (Å²) in [5, 5.41) is 0.306. The lowest BCUT2D eigenvalue weighted by Gasteiger charge is -1.98. The summed E-state index contributed by atoms with van der Waals surface area (Å²) in [5.41, 5.74) is 0. The number of hydrogen-bond donors (Lipinski definition) is 0. The SMILES string of the molecule is C.C.C.C.C.C.CC(C)(Cl)Cl.CC(C)Cl.CCC. The molecular formula is C15H45Cl3. The van der Waals surface area contributed by atoms with Gasteiger partial charge in [-0.15, -0.1) is 34.8 Å². The van der Waals surface area contributed by atoms with Crippen LogP contribution in [0.15, 0.2) is 0 Å². The third kappa shape index (κ3) is 5610. The minimum Gasteiger partial charge on any atom is -0.124 e. The summed E-state index contributed by atoms with van der Waals surface area (Å²) in [5.74, 6) is 0. The normalized spacial score (nSPS) is 6.33. The quantitative estimate of drug-likeness (QED) is 0.388. The van der Waals surface area contributed by atoms with Gasteiger partial charge in [0.05, 0.1) is 0 Å². The van der Waals surface area contributed by atoms with Crippen molar-refractivity contribution in [3.63, 3.8) is 0 Å². The number of hydrogen-bond acceptors (Lipinski definition) is 0. The highest BCUT2D eigenvalue weighted by atomic mass is 35.5. The third-order valence-electron chi connectivity index (χ3n) is 0. The first-order valence-electron chi connectivity index (χ1n) is 4.17. The molecule has 0 aromatic rings. The smallest absolute Gasteiger partial charge is 0.112 e. The van der Waals surface area contributed by atoms with Crippen molar-refractivity contribution in [2.75, 3.05) is 0 Å². The van der Waals surface area contributed by atoms with E-state index in [1.54, 1.807) is 13.8 Å². The van der Waals surface area contributed by atoms with E-state index in [1.165, 1.54) is 6.42 Å². The molecule has 0 amide bonds. The lowest BCUT2D eigenvalue weighted by Crippen LogP contribution is -1.93. The molecule has 0 spiro atoms. The fourth-order valence-electron chi connectivity index (χ4n) is 0. The first-order valence-corrected chi connectivity index (χ1v) is 5.36. The molecule has 0 atom stereocenters. The molecule has 0 aliphatic carbocycles. The summed E-state index contributed by atoms with van der Waals surface area (Å²) in [6.45, 7) is 11.6. The fourth-order valence-corrected chi connectivity index (χ4v) is 0. The molecule has 0 nitrogen and oxygen atoms in total. The lowest BCUT2D eigenvalue weighted by atomic mass is 10.6. The molecule has 0 saturated carbocycles. The molecule has 0 radical (unpaired) electrons. The Morgan fingerprint density at radius 3 is 0.778 bits per heavy atom. The average Bonchev–Trinajstić information content (AvgIpc) is 1.56. The van der Waals surface area contributed by atoms with Gasteiger partial charge in [-0.25, -0.2) is 0 Å². The highest BCUT2D eigenvalue weighted by Crippen LogP contribution is 2.16. The molecule has 126 valence electrons. The van der Waals surface area contributed by atoms with Crippen molar-refractivity contribution in [3.8, 4) is 0 Å². The second-order valence-electron chi connectivity index (χ2n) is 3.05. The summed E-state index contributed by atoms with van der Waals surface area (Å²) in [6, 6.07) is 0. The largest absolute Gasteiger partial charge is 0.124 e. The van der Waals surface area contributed by atoms with Crippen LogP contribution in [-0.2, 0) is 0 Å². The summed E-state index contributed by atoms with van der Waals surface area (Å²) >= 11 is 15.9. The number of alkyl halides is 3. The van der Waals surface area contributed by atoms with Crippen LogP contribution in [0.2, 0.25) is 0 Å². The summed E-state index contributed by atoms with van der Waals surface area (Å²) in [7, 11) is 0. The van der Waals surface area contributed by atoms with Crippen LogP contribution < -0.4 is 0 Å². The lowest BCUT2D eigenvalue weighted by molar-refractivity contribution is 0.995. The maximum absolute atomic E-state index is 5.30. The fraction of sp³-hybridized carbons (Fsp3) is 1.00. The Morgan fingerprint density at radius 1 is 0.778 bits per heavy atom. The summed E-state index contributed by atoms with van der Waals surface area (Å²) in [6.07, 6.45) is 1.25. The van der Waals surface area contributed by atoms with Crippen LogP contribution in [0.1, 0.15) is 92.5 Å². The molecule has 0 unspecified atom stereocenters. The molecule has 18 heavy (non-hydrogen) atoms. The molecule has 0 N–H and O–H groups in total. The van der Waals surface area contributed by atoms with E-state index in [2.05, 4.69) is 13.8 Å². The second-order valence-corrected chi connectivity index (χ2v) is 6.00. The molecular weight excluding hydrogens is 287 g/mol. The van der Waals surface area contributed by atoms with Crippen LogP contribution in [0.4, 0.5) is 0 Å². The van der Waals surface area contributed by atoms with Crippen molar-refractivity contribution < 1.29 is 0 Å². The van der Waals surface area contributed by atoms with Crippen molar-refractivity contribution >= 4 is 34.8 Å². The zero-order valence-electron chi connectivity index (χ0n) is 8.92. The first-order chi connectivity index (χ1) is 5.15. The zero-order chi connectivity index (χ0) is 10.8. The molecule has 0 rings (SSSR count). The monoisotopic (exact) mass is 330 g/mol. The van der Waals surface area contributed by atoms with Gasteiger partial charge in [0, 0.05) is 5.38 Å². The Bertz CT molecular complexity index is 57.9. The Hall–Kier alpha value is 0.870. The van der Waals surface area contributed by atoms with Crippen LogP contribution in [0.3, 0.4) is 0 Å². The molecule has 0 fully saturated rings. The molecule has 0 saturated heterocycles. The van der Waals surface area contributed by atoms with E-state index >= 15 is 0 Å². The van der Waals surface area contributed by atoms with E-state index in [-0.39, 0.29) is 44.6 Å². The Labute approximate surface area is 137 Å². The molecule has 0 aliphatic heterocycles. The zero-order valence-corrected chi connectivity index (χ0v) is 11.2. The van der Waals surface area contributed by atoms with Crippen LogP contribution in [0, 0.1) is 0 Å². The Kier molecular flexibility index (Phi) is 148. The summed E-state index contributed by atoms with van der Waals surface area (Å²) < 4.78 is -0.556. The van der Waals surface area contributed by atoms with E-state index in [9.17, 15) is 0 Å². The second kappa shape index (κ2) is 43.0. The van der Waals surface area contributed by atoms with Crippen molar-refractivity contribution in [1.82, 2.24) is 0 Å². The van der Waals surface area contributed by atoms with E-state index in [1.807, 2.05) is 13.8 Å². The van der Waals surface area contributed by atoms with Gasteiger partial charge >= 0.3 is 0 Å². The van der Waals surface area contributed by atoms with Crippen LogP contribution in [0.5, 0.6) is 0 Å². The topological polar surface area (TPSA) is 0 Å². The minimum atomic E-state index is -0.556. The van der Waals surface area contributed by atoms with Gasteiger partial charge in [0.2, 0.25) is 0 Å². The van der Waals surface area contributed by atoms with Gasteiger partial charge < -0.3 is 0 Å². The molecule has 0 heterocycles. The van der Waals surface area contributed by atoms with Crippen LogP contribution in [-0.4, -0.2) is 9.71 Å². The van der Waals surface area contributed by atoms with Gasteiger partial charge in [0.1, 0.15) is 4.33 Å². The highest BCUT2D eigenvalue weighted by Gasteiger charge is 2.03. The predicted molar refractivity (Wildman–Crippen MR) is 103 cm³/mol. The maximum Gasteiger partial charge on any atom is 0.112 e. The maximum atomic E-state index is 5.30. The van der Waals surface area contributed by atoms with Gasteiger partial charge in [-0.3, -0.25) is 0 Å². The van der Waals surface area contributed by atoms with Crippen LogP contribution >= 0.6 is 34.8 Å². The average molecular weight is 332 g/mol. The van der Waals surface area contributed by atoms with E-state index in [0.717, 1.165) is 0 Å². The number of rotatable bonds is 0. The van der Waals surface area contributed by atoms with E-state index in [0.29, 0.717) is 5.38 Å². The van der Waals surface area contributed by atoms with Crippen molar-refractivity contribution in [3.05, 3.63) is 0 Å². The molecule has 3 heteroatoms. The van der Waals surface area contributed by atoms with Gasteiger partial charge in [-0.1, -0.05) is 64.8 Å². The summed E-state index contributed by atoms with van der Waals surface area (Å²) in [4.78, 5) is 0. The van der Waals surface area contributed by atoms with E-state index in [4.69, 9.17) is 34.8 Å². The van der Waals surface area contributed by atoms with Crippen molar-refractivity contribution in [1.29, 1.82) is 0 Å². The van der Waals surface area contributed by atoms with Gasteiger partial charge in [0.25, 0.3) is 0 Å². The molecule has 0 aromatic heterocycles. The molecule has 0 aliphatic rings. The van der Waals surface area contributed by atoms with Crippen LogP contribution in [0.25, 0.3) is 0 Å². The van der Waals surface area contributed by atoms with E-state index < -0.39 is 4.33 Å². The van der Waals surface area contributed by atoms with Gasteiger partial charge in [-0.2, -0.15) is 0 Å². The standard InChI is InChI=1S/C3H6Cl2.C3H7Cl.C3H8.6CH4/c1-3(2,4)5;1-3(2)4;1-3-2;;;;;;/h1-2H3;3H,1-2H3;3H2,1-2H3;6*1H4. The Morgan fingerprint density at radius 2 is 0.778 bits per heavy atom. The highest BCUT2D eigenvalue weighted by molar-refractivity contribution is 6.47. The Balaban J connectivity index is -0.00000000843. The minimum absolute atomic E-state index is 0. The van der Waals surface area contributed by atoms with Gasteiger partial charge in [-0.05, 0) is 27.7 Å². The third-order valence-corrected chi connectivity index (χ3v) is 0.